The van der Waals surface area contributed by atoms with Crippen molar-refractivity contribution in [2.24, 2.45) is 11.8 Å². The van der Waals surface area contributed by atoms with E-state index in [1.807, 2.05) is 6.92 Å². The van der Waals surface area contributed by atoms with Gasteiger partial charge in [-0.25, -0.2) is 17.6 Å². The standard InChI is InChI=1S/C15H19FO4S/c1-9-3-5-12(7-10(9)2)21(19,20)14-8-11(15(17)18)4-6-13(14)16/h4,6,8-10,12H,3,5,7H2,1-2H3,(H,17,18). The molecule has 0 radical (unpaired) electrons. The minimum atomic E-state index is -3.84. The highest BCUT2D eigenvalue weighted by molar-refractivity contribution is 7.92. The molecule has 1 N–H and O–H groups in total. The van der Waals surface area contributed by atoms with Crippen LogP contribution in [-0.2, 0) is 9.84 Å². The van der Waals surface area contributed by atoms with Gasteiger partial charge in [0.05, 0.1) is 10.8 Å². The third-order valence-electron chi connectivity index (χ3n) is 4.47. The van der Waals surface area contributed by atoms with Crippen LogP contribution in [0.2, 0.25) is 0 Å². The fourth-order valence-electron chi connectivity index (χ4n) is 2.81. The Bertz CT molecular complexity index is 654. The number of carboxylic acid groups (broad SMARTS) is 1. The lowest BCUT2D eigenvalue weighted by atomic mass is 9.81. The van der Waals surface area contributed by atoms with Gasteiger partial charge in [0.15, 0.2) is 9.84 Å². The second-order valence-electron chi connectivity index (χ2n) is 5.88. The molecule has 2 rings (SSSR count). The van der Waals surface area contributed by atoms with Gasteiger partial charge in [0.1, 0.15) is 10.7 Å². The minimum absolute atomic E-state index is 0.216. The highest BCUT2D eigenvalue weighted by Crippen LogP contribution is 2.36. The summed E-state index contributed by atoms with van der Waals surface area (Å²) >= 11 is 0. The van der Waals surface area contributed by atoms with Crippen molar-refractivity contribution in [1.82, 2.24) is 0 Å². The van der Waals surface area contributed by atoms with E-state index in [2.05, 4.69) is 6.92 Å². The molecule has 0 aliphatic heterocycles. The Morgan fingerprint density at radius 1 is 1.24 bits per heavy atom. The van der Waals surface area contributed by atoms with Gasteiger partial charge in [-0.15, -0.1) is 0 Å². The highest BCUT2D eigenvalue weighted by atomic mass is 32.2. The largest absolute Gasteiger partial charge is 0.478 e. The normalized spacial score (nSPS) is 26.5. The predicted molar refractivity (Wildman–Crippen MR) is 76.5 cm³/mol. The summed E-state index contributed by atoms with van der Waals surface area (Å²) in [6.45, 7) is 4.08. The maximum atomic E-state index is 13.9. The Morgan fingerprint density at radius 2 is 1.90 bits per heavy atom. The Balaban J connectivity index is 2.40. The molecule has 4 nitrogen and oxygen atoms in total. The lowest BCUT2D eigenvalue weighted by Crippen LogP contribution is -2.31. The van der Waals surface area contributed by atoms with Crippen LogP contribution >= 0.6 is 0 Å². The first-order chi connectivity index (χ1) is 9.73. The van der Waals surface area contributed by atoms with Crippen LogP contribution in [-0.4, -0.2) is 24.7 Å². The molecule has 0 amide bonds. The third kappa shape index (κ3) is 3.10. The van der Waals surface area contributed by atoms with Gasteiger partial charge in [-0.05, 0) is 49.3 Å². The van der Waals surface area contributed by atoms with Crippen LogP contribution in [0, 0.1) is 17.7 Å². The maximum Gasteiger partial charge on any atom is 0.335 e. The summed E-state index contributed by atoms with van der Waals surface area (Å²) in [6, 6.07) is 2.91. The first-order valence-corrected chi connectivity index (χ1v) is 8.55. The van der Waals surface area contributed by atoms with E-state index in [-0.39, 0.29) is 11.5 Å². The molecule has 1 fully saturated rings. The summed E-state index contributed by atoms with van der Waals surface area (Å²) in [4.78, 5) is 10.5. The topological polar surface area (TPSA) is 71.4 Å². The van der Waals surface area contributed by atoms with E-state index in [1.54, 1.807) is 0 Å². The zero-order valence-electron chi connectivity index (χ0n) is 12.0. The van der Waals surface area contributed by atoms with Crippen molar-refractivity contribution in [1.29, 1.82) is 0 Å². The summed E-state index contributed by atoms with van der Waals surface area (Å²) in [5.41, 5.74) is -0.216. The van der Waals surface area contributed by atoms with E-state index >= 15 is 0 Å². The third-order valence-corrected chi connectivity index (χ3v) is 6.71. The SMILES string of the molecule is CC1CCC(S(=O)(=O)c2cc(C(=O)O)ccc2F)CC1C. The lowest BCUT2D eigenvalue weighted by Gasteiger charge is -2.31. The molecule has 6 heteroatoms. The van der Waals surface area contributed by atoms with Crippen LogP contribution in [0.15, 0.2) is 23.1 Å². The van der Waals surface area contributed by atoms with Crippen molar-refractivity contribution >= 4 is 15.8 Å². The number of benzene rings is 1. The summed E-state index contributed by atoms with van der Waals surface area (Å²) in [6.07, 6.45) is 1.76. The van der Waals surface area contributed by atoms with E-state index in [0.717, 1.165) is 24.6 Å². The molecule has 0 heterocycles. The minimum Gasteiger partial charge on any atom is -0.478 e. The molecular formula is C15H19FO4S. The Hall–Kier alpha value is -1.43. The molecule has 116 valence electrons. The fourth-order valence-corrected chi connectivity index (χ4v) is 4.81. The van der Waals surface area contributed by atoms with E-state index in [1.165, 1.54) is 0 Å². The average molecular weight is 314 g/mol. The smallest absolute Gasteiger partial charge is 0.335 e. The number of aromatic carboxylic acids is 1. The quantitative estimate of drug-likeness (QED) is 0.930. The first kappa shape index (κ1) is 15.9. The number of sulfone groups is 1. The number of carbonyl (C=O) groups is 1. The maximum absolute atomic E-state index is 13.9. The van der Waals surface area contributed by atoms with Crippen molar-refractivity contribution in [2.75, 3.05) is 0 Å². The predicted octanol–water partition coefficient (Wildman–Crippen LogP) is 3.12. The Labute approximate surface area is 123 Å². The number of halogens is 1. The molecule has 1 aromatic rings. The van der Waals surface area contributed by atoms with Gasteiger partial charge in [0.25, 0.3) is 0 Å². The van der Waals surface area contributed by atoms with Crippen molar-refractivity contribution < 1.29 is 22.7 Å². The molecule has 0 bridgehead atoms. The number of carboxylic acids is 1. The summed E-state index contributed by atoms with van der Waals surface area (Å²) < 4.78 is 39.1. The van der Waals surface area contributed by atoms with Gasteiger partial charge in [0.2, 0.25) is 0 Å². The first-order valence-electron chi connectivity index (χ1n) is 7.00. The van der Waals surface area contributed by atoms with Gasteiger partial charge in [-0.3, -0.25) is 0 Å². The van der Waals surface area contributed by atoms with Crippen LogP contribution in [0.25, 0.3) is 0 Å². The second kappa shape index (κ2) is 5.75. The van der Waals surface area contributed by atoms with Gasteiger partial charge >= 0.3 is 5.97 Å². The second-order valence-corrected chi connectivity index (χ2v) is 8.08. The van der Waals surface area contributed by atoms with Crippen molar-refractivity contribution in [3.05, 3.63) is 29.6 Å². The van der Waals surface area contributed by atoms with E-state index in [4.69, 9.17) is 5.11 Å². The Morgan fingerprint density at radius 3 is 2.48 bits per heavy atom. The van der Waals surface area contributed by atoms with Crippen molar-refractivity contribution in [2.45, 2.75) is 43.3 Å². The average Bonchev–Trinajstić information content (AvgIpc) is 2.41. The van der Waals surface area contributed by atoms with E-state index < -0.39 is 31.8 Å². The van der Waals surface area contributed by atoms with Gasteiger partial charge in [-0.1, -0.05) is 13.8 Å². The van der Waals surface area contributed by atoms with Gasteiger partial charge in [0, 0.05) is 0 Å². The van der Waals surface area contributed by atoms with Crippen molar-refractivity contribution in [3.8, 4) is 0 Å². The molecule has 1 aromatic carbocycles. The molecule has 3 unspecified atom stereocenters. The molecule has 1 aliphatic carbocycles. The molecule has 1 saturated carbocycles. The van der Waals surface area contributed by atoms with Crippen LogP contribution in [0.4, 0.5) is 4.39 Å². The highest BCUT2D eigenvalue weighted by Gasteiger charge is 2.36. The van der Waals surface area contributed by atoms with Crippen LogP contribution in [0.3, 0.4) is 0 Å². The fraction of sp³-hybridized carbons (Fsp3) is 0.533. The van der Waals surface area contributed by atoms with Crippen LogP contribution in [0.1, 0.15) is 43.5 Å². The zero-order valence-corrected chi connectivity index (χ0v) is 12.9. The summed E-state index contributed by atoms with van der Waals surface area (Å²) in [7, 11) is -3.84. The number of hydrogen-bond donors (Lipinski definition) is 1. The molecule has 3 atom stereocenters. The van der Waals surface area contributed by atoms with E-state index in [9.17, 15) is 17.6 Å². The molecular weight excluding hydrogens is 295 g/mol. The lowest BCUT2D eigenvalue weighted by molar-refractivity contribution is 0.0696. The monoisotopic (exact) mass is 314 g/mol. The number of hydrogen-bond acceptors (Lipinski definition) is 3. The number of rotatable bonds is 3. The van der Waals surface area contributed by atoms with Gasteiger partial charge in [-0.2, -0.15) is 0 Å². The molecule has 0 saturated heterocycles. The van der Waals surface area contributed by atoms with Crippen LogP contribution < -0.4 is 0 Å². The molecule has 0 aromatic heterocycles. The van der Waals surface area contributed by atoms with Crippen molar-refractivity contribution in [3.63, 3.8) is 0 Å². The molecule has 0 spiro atoms. The summed E-state index contributed by atoms with van der Waals surface area (Å²) in [5, 5.41) is 8.30. The van der Waals surface area contributed by atoms with E-state index in [0.29, 0.717) is 18.8 Å². The molecule has 1 aliphatic rings. The molecule has 21 heavy (non-hydrogen) atoms. The zero-order chi connectivity index (χ0) is 15.8. The Kier molecular flexibility index (Phi) is 4.37. The van der Waals surface area contributed by atoms with Crippen LogP contribution in [0.5, 0.6) is 0 Å². The van der Waals surface area contributed by atoms with Gasteiger partial charge < -0.3 is 5.11 Å². The summed E-state index contributed by atoms with van der Waals surface area (Å²) in [5.74, 6) is -1.45.